The van der Waals surface area contributed by atoms with Crippen LogP contribution < -0.4 is 15.4 Å². The van der Waals surface area contributed by atoms with Gasteiger partial charge >= 0.3 is 5.97 Å². The predicted molar refractivity (Wildman–Crippen MR) is 114 cm³/mol. The Morgan fingerprint density at radius 3 is 2.29 bits per heavy atom. The zero-order valence-corrected chi connectivity index (χ0v) is 17.3. The summed E-state index contributed by atoms with van der Waals surface area (Å²) in [5.41, 5.74) is 0.912. The molecule has 0 bridgehead atoms. The van der Waals surface area contributed by atoms with Gasteiger partial charge in [-0.05, 0) is 43.2 Å². The summed E-state index contributed by atoms with van der Waals surface area (Å²) in [4.78, 5) is 49.7. The maximum absolute atomic E-state index is 12.5. The minimum absolute atomic E-state index is 0.0618. The van der Waals surface area contributed by atoms with E-state index in [-0.39, 0.29) is 30.3 Å². The molecule has 1 fully saturated rings. The summed E-state index contributed by atoms with van der Waals surface area (Å²) in [5.74, 6) is -0.822. The molecule has 0 atom stereocenters. The average Bonchev–Trinajstić information content (AvgIpc) is 2.78. The van der Waals surface area contributed by atoms with Gasteiger partial charge in [-0.3, -0.25) is 19.2 Å². The Labute approximate surface area is 180 Å². The Balaban J connectivity index is 1.44. The number of rotatable bonds is 6. The number of esters is 1. The Bertz CT molecular complexity index is 953. The van der Waals surface area contributed by atoms with Crippen molar-refractivity contribution in [2.45, 2.75) is 25.8 Å². The van der Waals surface area contributed by atoms with E-state index >= 15 is 0 Å². The second-order valence-electron chi connectivity index (χ2n) is 7.30. The maximum Gasteiger partial charge on any atom is 0.308 e. The zero-order valence-electron chi connectivity index (χ0n) is 17.3. The third kappa shape index (κ3) is 6.40. The van der Waals surface area contributed by atoms with E-state index in [0.717, 1.165) is 0 Å². The minimum atomic E-state index is -0.449. The summed E-state index contributed by atoms with van der Waals surface area (Å²) >= 11 is 0. The lowest BCUT2D eigenvalue weighted by Gasteiger charge is -2.32. The van der Waals surface area contributed by atoms with Crippen LogP contribution in [-0.4, -0.2) is 54.3 Å². The van der Waals surface area contributed by atoms with Crippen molar-refractivity contribution >= 4 is 23.7 Å². The van der Waals surface area contributed by atoms with Gasteiger partial charge in [0.15, 0.2) is 0 Å². The summed E-state index contributed by atoms with van der Waals surface area (Å²) < 4.78 is 5.01. The van der Waals surface area contributed by atoms with Gasteiger partial charge in [-0.2, -0.15) is 0 Å². The summed E-state index contributed by atoms with van der Waals surface area (Å²) in [6.45, 7) is 2.24. The van der Waals surface area contributed by atoms with Gasteiger partial charge in [-0.15, -0.1) is 0 Å². The Hall–Kier alpha value is -3.68. The van der Waals surface area contributed by atoms with Gasteiger partial charge in [-0.25, -0.2) is 0 Å². The summed E-state index contributed by atoms with van der Waals surface area (Å²) in [6.07, 6.45) is 1.24. The molecule has 0 radical (unpaired) electrons. The molecule has 0 saturated carbocycles. The highest BCUT2D eigenvalue weighted by Crippen LogP contribution is 2.15. The van der Waals surface area contributed by atoms with E-state index in [0.29, 0.717) is 42.8 Å². The first kappa shape index (κ1) is 22.0. The monoisotopic (exact) mass is 423 g/mol. The van der Waals surface area contributed by atoms with Crippen molar-refractivity contribution in [1.82, 2.24) is 15.5 Å². The lowest BCUT2D eigenvalue weighted by Crippen LogP contribution is -2.49. The molecule has 2 aromatic carbocycles. The SMILES string of the molecule is CC(=O)Oc1cccc(C(=O)NC2CCN(C(=O)CNC(=O)c3ccccc3)CC2)c1. The maximum atomic E-state index is 12.5. The molecule has 162 valence electrons. The fourth-order valence-corrected chi connectivity index (χ4v) is 3.37. The van der Waals surface area contributed by atoms with Crippen molar-refractivity contribution in [3.05, 3.63) is 65.7 Å². The summed E-state index contributed by atoms with van der Waals surface area (Å²) in [6, 6.07) is 15.1. The number of likely N-dealkylation sites (tertiary alicyclic amines) is 1. The van der Waals surface area contributed by atoms with Crippen LogP contribution >= 0.6 is 0 Å². The smallest absolute Gasteiger partial charge is 0.308 e. The van der Waals surface area contributed by atoms with Crippen LogP contribution in [0.2, 0.25) is 0 Å². The van der Waals surface area contributed by atoms with Gasteiger partial charge in [0.2, 0.25) is 5.91 Å². The van der Waals surface area contributed by atoms with Gasteiger partial charge in [0.25, 0.3) is 11.8 Å². The molecule has 0 spiro atoms. The molecule has 2 N–H and O–H groups in total. The number of hydrogen-bond acceptors (Lipinski definition) is 5. The lowest BCUT2D eigenvalue weighted by atomic mass is 10.0. The van der Waals surface area contributed by atoms with E-state index in [1.165, 1.54) is 13.0 Å². The van der Waals surface area contributed by atoms with Gasteiger partial charge in [0.05, 0.1) is 6.54 Å². The molecule has 8 nitrogen and oxygen atoms in total. The highest BCUT2D eigenvalue weighted by Gasteiger charge is 2.24. The second-order valence-corrected chi connectivity index (χ2v) is 7.30. The Morgan fingerprint density at radius 1 is 0.935 bits per heavy atom. The Kier molecular flexibility index (Phi) is 7.37. The van der Waals surface area contributed by atoms with Crippen LogP contribution in [0.3, 0.4) is 0 Å². The van der Waals surface area contributed by atoms with Crippen LogP contribution in [0.1, 0.15) is 40.5 Å². The number of piperidine rings is 1. The number of carbonyl (C=O) groups excluding carboxylic acids is 4. The third-order valence-corrected chi connectivity index (χ3v) is 4.98. The number of hydrogen-bond donors (Lipinski definition) is 2. The number of carbonyl (C=O) groups is 4. The first-order chi connectivity index (χ1) is 14.9. The van der Waals surface area contributed by atoms with E-state index in [4.69, 9.17) is 4.74 Å². The fraction of sp³-hybridized carbons (Fsp3) is 0.304. The quantitative estimate of drug-likeness (QED) is 0.544. The van der Waals surface area contributed by atoms with Crippen LogP contribution in [0, 0.1) is 0 Å². The van der Waals surface area contributed by atoms with E-state index in [1.807, 2.05) is 6.07 Å². The molecule has 8 heteroatoms. The number of amides is 3. The van der Waals surface area contributed by atoms with E-state index < -0.39 is 5.97 Å². The summed E-state index contributed by atoms with van der Waals surface area (Å²) in [5, 5.41) is 5.60. The van der Waals surface area contributed by atoms with Crippen molar-refractivity contribution in [2.24, 2.45) is 0 Å². The number of nitrogens with one attached hydrogen (secondary N) is 2. The largest absolute Gasteiger partial charge is 0.427 e. The molecular formula is C23H25N3O5. The van der Waals surface area contributed by atoms with Crippen LogP contribution in [0.25, 0.3) is 0 Å². The van der Waals surface area contributed by atoms with Gasteiger partial charge in [0, 0.05) is 37.2 Å². The van der Waals surface area contributed by atoms with Crippen molar-refractivity contribution < 1.29 is 23.9 Å². The molecule has 3 rings (SSSR count). The fourth-order valence-electron chi connectivity index (χ4n) is 3.37. The first-order valence-corrected chi connectivity index (χ1v) is 10.1. The Morgan fingerprint density at radius 2 is 1.61 bits per heavy atom. The number of benzene rings is 2. The first-order valence-electron chi connectivity index (χ1n) is 10.1. The normalized spacial score (nSPS) is 13.9. The lowest BCUT2D eigenvalue weighted by molar-refractivity contribution is -0.132. The van der Waals surface area contributed by atoms with E-state index in [9.17, 15) is 19.2 Å². The second kappa shape index (κ2) is 10.4. The molecular weight excluding hydrogens is 398 g/mol. The topological polar surface area (TPSA) is 105 Å². The van der Waals surface area contributed by atoms with Gasteiger partial charge in [-0.1, -0.05) is 24.3 Å². The van der Waals surface area contributed by atoms with Crippen molar-refractivity contribution in [3.63, 3.8) is 0 Å². The molecule has 1 aliphatic rings. The zero-order chi connectivity index (χ0) is 22.2. The number of nitrogens with zero attached hydrogens (tertiary/aromatic N) is 1. The van der Waals surface area contributed by atoms with Crippen LogP contribution in [0.4, 0.5) is 0 Å². The standard InChI is InChI=1S/C23H25N3O5/c1-16(27)31-20-9-5-8-18(14-20)23(30)25-19-10-12-26(13-11-19)21(28)15-24-22(29)17-6-3-2-4-7-17/h2-9,14,19H,10-13,15H2,1H3,(H,24,29)(H,25,30). The third-order valence-electron chi connectivity index (χ3n) is 4.98. The molecule has 0 aromatic heterocycles. The summed E-state index contributed by atoms with van der Waals surface area (Å²) in [7, 11) is 0. The van der Waals surface area contributed by atoms with Gasteiger partial charge in [0.1, 0.15) is 5.75 Å². The molecule has 31 heavy (non-hydrogen) atoms. The minimum Gasteiger partial charge on any atom is -0.427 e. The van der Waals surface area contributed by atoms with Crippen molar-refractivity contribution in [3.8, 4) is 5.75 Å². The van der Waals surface area contributed by atoms with E-state index in [1.54, 1.807) is 47.4 Å². The van der Waals surface area contributed by atoms with Crippen molar-refractivity contribution in [2.75, 3.05) is 19.6 Å². The molecule has 1 heterocycles. The van der Waals surface area contributed by atoms with Crippen LogP contribution in [-0.2, 0) is 9.59 Å². The molecule has 0 unspecified atom stereocenters. The highest BCUT2D eigenvalue weighted by molar-refractivity contribution is 5.96. The van der Waals surface area contributed by atoms with E-state index in [2.05, 4.69) is 10.6 Å². The predicted octanol–water partition coefficient (Wildman–Crippen LogP) is 1.76. The van der Waals surface area contributed by atoms with Crippen molar-refractivity contribution in [1.29, 1.82) is 0 Å². The highest BCUT2D eigenvalue weighted by atomic mass is 16.5. The molecule has 1 saturated heterocycles. The molecule has 1 aliphatic heterocycles. The number of ether oxygens (including phenoxy) is 1. The van der Waals surface area contributed by atoms with Gasteiger partial charge < -0.3 is 20.3 Å². The average molecular weight is 423 g/mol. The van der Waals surface area contributed by atoms with Crippen LogP contribution in [0.5, 0.6) is 5.75 Å². The molecule has 2 aromatic rings. The molecule has 3 amide bonds. The molecule has 0 aliphatic carbocycles. The van der Waals surface area contributed by atoms with Crippen LogP contribution in [0.15, 0.2) is 54.6 Å².